The summed E-state index contributed by atoms with van der Waals surface area (Å²) < 4.78 is 53.5. The lowest BCUT2D eigenvalue weighted by molar-refractivity contribution is -0.355. The van der Waals surface area contributed by atoms with Crippen LogP contribution in [0.4, 0.5) is 0 Å². The number of carbonyl (C=O) groups is 6. The van der Waals surface area contributed by atoms with Gasteiger partial charge in [0.2, 0.25) is 0 Å². The molecule has 0 spiro atoms. The predicted octanol–water partition coefficient (Wildman–Crippen LogP) is 0.928. The molecule has 4 fully saturated rings. The third-order valence-corrected chi connectivity index (χ3v) is 18.5. The van der Waals surface area contributed by atoms with Gasteiger partial charge in [-0.1, -0.05) is 135 Å². The molecule has 0 aromatic carbocycles. The van der Waals surface area contributed by atoms with Crippen LogP contribution in [0.5, 0.6) is 0 Å². The fourth-order valence-corrected chi connectivity index (χ4v) is 12.1. The molecule has 0 amide bonds. The Labute approximate surface area is 604 Å². The summed E-state index contributed by atoms with van der Waals surface area (Å²) in [5, 5.41) is 141. The molecule has 0 radical (unpaired) electrons. The van der Waals surface area contributed by atoms with Gasteiger partial charge in [-0.2, -0.15) is 0 Å². The standard InChI is InChI=1S/C38H54O15.C36H52O15/c1-7-8-10-20(2)11-9-12-21(3)13-14-23-22(4)29(42)24(17-38(23,5)6)50-28(41)16-15-27(40)49-19-26-35(32(45)33(46)36(48)51-26)53-37-34(47)31(44)30(43)25(18-39)52-37;1-7-18(2)9-8-10-19(3)11-12-21-20(4)27(40)22(15-36(21,5)6)48-26(39)14-13-25(38)47-17-24-33(30(43)31(44)34(46)49-24)51-35-32(45)29(42)28(41)23(16-37)50-35/h7-14,24-26,30-37,39,43-48H,15-19H2,1-6H3;7-12,22-24,28-35,37,41-46H,13-17H2,1-6H3/b8-7+,11-9+,14-13+,20-10+,21-12+;9-8+,12-11+,18-7+,19-10+. The van der Waals surface area contributed by atoms with Gasteiger partial charge < -0.3 is 119 Å². The van der Waals surface area contributed by atoms with Crippen molar-refractivity contribution in [3.63, 3.8) is 0 Å². The third-order valence-electron chi connectivity index (χ3n) is 18.5. The Morgan fingerprint density at radius 1 is 0.442 bits per heavy atom. The van der Waals surface area contributed by atoms with Gasteiger partial charge in [-0.3, -0.25) is 28.8 Å². The number of aliphatic hydroxyl groups is 14. The number of rotatable bonds is 27. The van der Waals surface area contributed by atoms with Crippen molar-refractivity contribution in [2.75, 3.05) is 26.4 Å². The van der Waals surface area contributed by atoms with E-state index in [-0.39, 0.29) is 24.4 Å². The summed E-state index contributed by atoms with van der Waals surface area (Å²) in [5.74, 6) is -4.11. The first-order chi connectivity index (χ1) is 48.8. The van der Waals surface area contributed by atoms with Crippen LogP contribution in [-0.4, -0.2) is 268 Å². The number of esters is 4. The molecule has 6 aliphatic rings. The number of ether oxygens (including phenoxy) is 10. The molecule has 2 aliphatic carbocycles. The molecule has 4 saturated heterocycles. The van der Waals surface area contributed by atoms with Crippen molar-refractivity contribution in [1.82, 2.24) is 0 Å². The average molecular weight is 1480 g/mol. The molecule has 22 atom stereocenters. The molecular formula is C74H106O30. The average Bonchev–Trinajstić information content (AvgIpc) is 0.799. The van der Waals surface area contributed by atoms with Gasteiger partial charge in [-0.15, -0.1) is 0 Å². The molecule has 0 saturated carbocycles. The van der Waals surface area contributed by atoms with Gasteiger partial charge in [0, 0.05) is 12.8 Å². The second kappa shape index (κ2) is 40.5. The Balaban J connectivity index is 0.000000374. The number of hydrogen-bond donors (Lipinski definition) is 14. The summed E-state index contributed by atoms with van der Waals surface area (Å²) in [6.07, 6.45) is -10.4. The molecule has 0 aromatic rings. The minimum atomic E-state index is -1.92. The van der Waals surface area contributed by atoms with Crippen molar-refractivity contribution < 1.29 is 148 Å². The lowest BCUT2D eigenvalue weighted by atomic mass is 9.71. The van der Waals surface area contributed by atoms with E-state index in [0.29, 0.717) is 11.1 Å². The summed E-state index contributed by atoms with van der Waals surface area (Å²) in [6.45, 7) is 20.1. The fourth-order valence-electron chi connectivity index (χ4n) is 12.1. The predicted molar refractivity (Wildman–Crippen MR) is 367 cm³/mol. The number of aliphatic hydroxyl groups excluding tert-OH is 14. The maximum Gasteiger partial charge on any atom is 0.307 e. The smallest absolute Gasteiger partial charge is 0.307 e. The van der Waals surface area contributed by atoms with E-state index in [4.69, 9.17) is 47.4 Å². The van der Waals surface area contributed by atoms with E-state index in [2.05, 4.69) is 0 Å². The Morgan fingerprint density at radius 2 is 0.788 bits per heavy atom. The number of ketones is 2. The number of Topliss-reactive ketones (excluding diaryl/α,β-unsaturated/α-hetero) is 2. The van der Waals surface area contributed by atoms with Crippen molar-refractivity contribution in [2.24, 2.45) is 10.8 Å². The van der Waals surface area contributed by atoms with Gasteiger partial charge in [0.15, 0.2) is 48.9 Å². The second-order valence-corrected chi connectivity index (χ2v) is 27.7. The quantitative estimate of drug-likeness (QED) is 0.0309. The van der Waals surface area contributed by atoms with Crippen LogP contribution in [0.25, 0.3) is 0 Å². The van der Waals surface area contributed by atoms with Gasteiger partial charge in [0.25, 0.3) is 0 Å². The van der Waals surface area contributed by atoms with Crippen molar-refractivity contribution in [3.05, 3.63) is 130 Å². The monoisotopic (exact) mass is 1470 g/mol. The van der Waals surface area contributed by atoms with Gasteiger partial charge >= 0.3 is 23.9 Å². The molecule has 6 rings (SSSR count). The summed E-state index contributed by atoms with van der Waals surface area (Å²) >= 11 is 0. The van der Waals surface area contributed by atoms with Gasteiger partial charge in [0.1, 0.15) is 111 Å². The van der Waals surface area contributed by atoms with Crippen LogP contribution >= 0.6 is 0 Å². The summed E-state index contributed by atoms with van der Waals surface area (Å²) in [6, 6.07) is 0. The van der Waals surface area contributed by atoms with Crippen molar-refractivity contribution in [2.45, 2.75) is 257 Å². The van der Waals surface area contributed by atoms with E-state index in [1.807, 2.05) is 154 Å². The van der Waals surface area contributed by atoms with E-state index in [1.54, 1.807) is 13.8 Å². The van der Waals surface area contributed by atoms with Gasteiger partial charge in [0.05, 0.1) is 38.9 Å². The maximum atomic E-state index is 13.2. The van der Waals surface area contributed by atoms with E-state index in [0.717, 1.165) is 33.4 Å². The summed E-state index contributed by atoms with van der Waals surface area (Å²) in [7, 11) is 0. The van der Waals surface area contributed by atoms with E-state index >= 15 is 0 Å². The zero-order valence-electron chi connectivity index (χ0n) is 60.6. The van der Waals surface area contributed by atoms with Crippen LogP contribution < -0.4 is 0 Å². The lowest BCUT2D eigenvalue weighted by Gasteiger charge is -2.45. The van der Waals surface area contributed by atoms with Gasteiger partial charge in [-0.05, 0) is 88.5 Å². The van der Waals surface area contributed by atoms with E-state index in [1.165, 1.54) is 0 Å². The largest absolute Gasteiger partial charge is 0.463 e. The first kappa shape index (κ1) is 88.2. The zero-order valence-corrected chi connectivity index (χ0v) is 60.6. The molecule has 0 aromatic heterocycles. The topological polar surface area (TPSA) is 478 Å². The summed E-state index contributed by atoms with van der Waals surface area (Å²) in [5.41, 5.74) is 5.74. The maximum absolute atomic E-state index is 13.2. The molecule has 4 heterocycles. The number of allylic oxidation sites excluding steroid dienone is 20. The molecule has 30 heteroatoms. The first-order valence-electron chi connectivity index (χ1n) is 34.3. The number of hydrogen-bond acceptors (Lipinski definition) is 30. The van der Waals surface area contributed by atoms with Crippen LogP contribution in [0.3, 0.4) is 0 Å². The van der Waals surface area contributed by atoms with Crippen molar-refractivity contribution in [1.29, 1.82) is 0 Å². The normalized spacial score (nSPS) is 34.7. The summed E-state index contributed by atoms with van der Waals surface area (Å²) in [4.78, 5) is 77.1. The van der Waals surface area contributed by atoms with Crippen LogP contribution in [0.2, 0.25) is 0 Å². The Morgan fingerprint density at radius 3 is 1.14 bits per heavy atom. The molecule has 582 valence electrons. The van der Waals surface area contributed by atoms with Crippen molar-refractivity contribution in [3.8, 4) is 0 Å². The highest BCUT2D eigenvalue weighted by atomic mass is 16.7. The lowest BCUT2D eigenvalue weighted by Crippen LogP contribution is -2.64. The van der Waals surface area contributed by atoms with Crippen LogP contribution in [0, 0.1) is 10.8 Å². The second-order valence-electron chi connectivity index (χ2n) is 27.7. The Kier molecular flexibility index (Phi) is 34.3. The highest BCUT2D eigenvalue weighted by Crippen LogP contribution is 2.43. The molecule has 104 heavy (non-hydrogen) atoms. The Bertz CT molecular complexity index is 3290. The Hall–Kier alpha value is -6.44. The molecule has 22 unspecified atom stereocenters. The minimum Gasteiger partial charge on any atom is -0.463 e. The van der Waals surface area contributed by atoms with Crippen molar-refractivity contribution >= 4 is 35.4 Å². The molecule has 14 N–H and O–H groups in total. The first-order valence-corrected chi connectivity index (χ1v) is 34.3. The SMILES string of the molecule is C/C=C(C)/C=C/C=C(C)/C=C/C1=C(C)C(=O)C(OC(=O)CCC(=O)OCC2OC(O)C(O)C(O)C2OC2OC(CO)C(O)C(O)C2O)CC1(C)C.C/C=C/C=C(C)/C=C/C=C(C)/C=C/C1=C(C)C(=O)C(OC(=O)CCC(=O)OCC2OC(O)C(O)C(O)C2OC2OC(CO)C(O)C(O)C2O)CC1(C)C. The minimum absolute atomic E-state index is 0.224. The molecule has 30 nitrogen and oxygen atoms in total. The molecule has 4 aliphatic heterocycles. The highest BCUT2D eigenvalue weighted by Gasteiger charge is 2.53. The molecular weight excluding hydrogens is 1370 g/mol. The van der Waals surface area contributed by atoms with Crippen LogP contribution in [0.15, 0.2) is 130 Å². The molecule has 0 bridgehead atoms. The third kappa shape index (κ3) is 24.3. The zero-order chi connectivity index (χ0) is 77.8. The van der Waals surface area contributed by atoms with Gasteiger partial charge in [-0.25, -0.2) is 0 Å². The van der Waals surface area contributed by atoms with E-state index < -0.39 is 222 Å². The van der Waals surface area contributed by atoms with Crippen LogP contribution in [-0.2, 0) is 76.1 Å². The van der Waals surface area contributed by atoms with E-state index in [9.17, 15) is 100 Å². The fraction of sp³-hybridized carbons (Fsp3) is 0.622. The van der Waals surface area contributed by atoms with Crippen LogP contribution in [0.1, 0.15) is 122 Å². The number of carbonyl (C=O) groups excluding carboxylic acids is 6. The highest BCUT2D eigenvalue weighted by molar-refractivity contribution is 6.02.